The summed E-state index contributed by atoms with van der Waals surface area (Å²) in [7, 11) is 0. The number of imidazole rings is 1. The highest BCUT2D eigenvalue weighted by Crippen LogP contribution is 2.24. The molecule has 0 saturated heterocycles. The number of nitrogens with one attached hydrogen (secondary N) is 1. The van der Waals surface area contributed by atoms with Gasteiger partial charge >= 0.3 is 0 Å². The number of nitrogens with zero attached hydrogens (tertiary/aromatic N) is 2. The van der Waals surface area contributed by atoms with Crippen LogP contribution < -0.4 is 10.1 Å². The van der Waals surface area contributed by atoms with E-state index in [-0.39, 0.29) is 5.91 Å². The molecule has 0 fully saturated rings. The molecule has 3 aromatic rings. The Morgan fingerprint density at radius 1 is 1.29 bits per heavy atom. The first-order valence-corrected chi connectivity index (χ1v) is 8.13. The molecule has 2 heterocycles. The number of aromatic nitrogens is 2. The third-order valence-corrected chi connectivity index (χ3v) is 3.92. The van der Waals surface area contributed by atoms with Gasteiger partial charge in [-0.2, -0.15) is 0 Å². The average molecular weight is 344 g/mol. The Morgan fingerprint density at radius 3 is 2.88 bits per heavy atom. The lowest BCUT2D eigenvalue weighted by Crippen LogP contribution is -2.37. The van der Waals surface area contributed by atoms with Crippen LogP contribution in [0.25, 0.3) is 5.65 Å². The van der Waals surface area contributed by atoms with Crippen LogP contribution in [0.4, 0.5) is 0 Å². The van der Waals surface area contributed by atoms with E-state index in [0.29, 0.717) is 23.7 Å². The molecular formula is C18H18ClN3O2. The minimum absolute atomic E-state index is 0.182. The highest BCUT2D eigenvalue weighted by molar-refractivity contribution is 6.32. The topological polar surface area (TPSA) is 55.6 Å². The first-order valence-electron chi connectivity index (χ1n) is 7.75. The Morgan fingerprint density at radius 2 is 2.08 bits per heavy atom. The number of hydrogen-bond donors (Lipinski definition) is 1. The Hall–Kier alpha value is -2.53. The average Bonchev–Trinajstić information content (AvgIpc) is 2.99. The van der Waals surface area contributed by atoms with Crippen LogP contribution in [0, 0.1) is 0 Å². The Balaban J connectivity index is 1.50. The van der Waals surface area contributed by atoms with Gasteiger partial charge in [-0.3, -0.25) is 4.79 Å². The van der Waals surface area contributed by atoms with E-state index in [4.69, 9.17) is 16.3 Å². The van der Waals surface area contributed by atoms with Gasteiger partial charge in [-0.05, 0) is 31.2 Å². The monoisotopic (exact) mass is 343 g/mol. The van der Waals surface area contributed by atoms with Gasteiger partial charge < -0.3 is 14.5 Å². The Kier molecular flexibility index (Phi) is 5.01. The van der Waals surface area contributed by atoms with Crippen molar-refractivity contribution in [2.75, 3.05) is 6.54 Å². The number of fused-ring (bicyclic) bond motifs is 1. The van der Waals surface area contributed by atoms with Crippen molar-refractivity contribution in [2.24, 2.45) is 0 Å². The number of carbonyl (C=O) groups excluding carboxylic acids is 1. The van der Waals surface area contributed by atoms with Crippen LogP contribution in [0.3, 0.4) is 0 Å². The molecular weight excluding hydrogens is 326 g/mol. The molecule has 0 aliphatic carbocycles. The maximum atomic E-state index is 12.1. The lowest BCUT2D eigenvalue weighted by atomic mass is 10.3. The number of carbonyl (C=O) groups is 1. The van der Waals surface area contributed by atoms with Crippen LogP contribution in [-0.4, -0.2) is 27.9 Å². The van der Waals surface area contributed by atoms with Gasteiger partial charge in [-0.25, -0.2) is 4.98 Å². The van der Waals surface area contributed by atoms with Crippen molar-refractivity contribution in [3.05, 3.63) is 65.6 Å². The molecule has 0 bridgehead atoms. The summed E-state index contributed by atoms with van der Waals surface area (Å²) < 4.78 is 7.55. The summed E-state index contributed by atoms with van der Waals surface area (Å²) in [5, 5.41) is 3.35. The lowest BCUT2D eigenvalue weighted by molar-refractivity contribution is -0.127. The van der Waals surface area contributed by atoms with E-state index in [9.17, 15) is 4.79 Å². The second kappa shape index (κ2) is 7.36. The summed E-state index contributed by atoms with van der Waals surface area (Å²) in [6.45, 7) is 2.20. The molecule has 0 spiro atoms. The Labute approximate surface area is 145 Å². The molecule has 5 nitrogen and oxygen atoms in total. The largest absolute Gasteiger partial charge is 0.479 e. The quantitative estimate of drug-likeness (QED) is 0.748. The zero-order valence-corrected chi connectivity index (χ0v) is 14.0. The molecule has 0 radical (unpaired) electrons. The van der Waals surface area contributed by atoms with Gasteiger partial charge in [0.1, 0.15) is 11.4 Å². The molecule has 2 aromatic heterocycles. The highest BCUT2D eigenvalue weighted by Gasteiger charge is 2.15. The minimum Gasteiger partial charge on any atom is -0.479 e. The van der Waals surface area contributed by atoms with Crippen molar-refractivity contribution in [1.82, 2.24) is 14.7 Å². The summed E-state index contributed by atoms with van der Waals surface area (Å²) in [5.41, 5.74) is 1.83. The van der Waals surface area contributed by atoms with Gasteiger partial charge in [0.25, 0.3) is 5.91 Å². The molecule has 6 heteroatoms. The standard InChI is InChI=1S/C18H18ClN3O2/c1-13(24-16-7-3-2-6-15(16)19)18(23)20-10-9-14-12-22-11-5-4-8-17(22)21-14/h2-8,11-13H,9-10H2,1H3,(H,20,23). The summed E-state index contributed by atoms with van der Waals surface area (Å²) in [6, 6.07) is 12.9. The fourth-order valence-electron chi connectivity index (χ4n) is 2.35. The third kappa shape index (κ3) is 3.86. The molecule has 1 atom stereocenters. The van der Waals surface area contributed by atoms with Gasteiger partial charge in [0, 0.05) is 25.4 Å². The predicted octanol–water partition coefficient (Wildman–Crippen LogP) is 3.11. The fraction of sp³-hybridized carbons (Fsp3) is 0.222. The van der Waals surface area contributed by atoms with E-state index >= 15 is 0 Å². The van der Waals surface area contributed by atoms with E-state index in [2.05, 4.69) is 10.3 Å². The van der Waals surface area contributed by atoms with Crippen LogP contribution in [0.2, 0.25) is 5.02 Å². The number of amides is 1. The smallest absolute Gasteiger partial charge is 0.260 e. The molecule has 1 N–H and O–H groups in total. The summed E-state index contributed by atoms with van der Waals surface area (Å²) in [6.07, 6.45) is 3.95. The van der Waals surface area contributed by atoms with Crippen molar-refractivity contribution < 1.29 is 9.53 Å². The van der Waals surface area contributed by atoms with Crippen LogP contribution in [0.5, 0.6) is 5.75 Å². The molecule has 0 aliphatic heterocycles. The van der Waals surface area contributed by atoms with E-state index in [0.717, 1.165) is 11.3 Å². The van der Waals surface area contributed by atoms with Crippen molar-refractivity contribution >= 4 is 23.2 Å². The van der Waals surface area contributed by atoms with Gasteiger partial charge in [0.15, 0.2) is 6.10 Å². The van der Waals surface area contributed by atoms with Gasteiger partial charge in [-0.1, -0.05) is 29.8 Å². The SMILES string of the molecule is CC(Oc1ccccc1Cl)C(=O)NCCc1cn2ccccc2n1. The van der Waals surface area contributed by atoms with Gasteiger partial charge in [0.2, 0.25) is 0 Å². The van der Waals surface area contributed by atoms with Crippen molar-refractivity contribution in [3.63, 3.8) is 0 Å². The van der Waals surface area contributed by atoms with E-state index in [1.807, 2.05) is 47.1 Å². The molecule has 0 saturated carbocycles. The molecule has 124 valence electrons. The van der Waals surface area contributed by atoms with E-state index in [1.54, 1.807) is 19.1 Å². The third-order valence-electron chi connectivity index (χ3n) is 3.60. The van der Waals surface area contributed by atoms with Crippen LogP contribution in [0.1, 0.15) is 12.6 Å². The van der Waals surface area contributed by atoms with Crippen molar-refractivity contribution in [3.8, 4) is 5.75 Å². The second-order valence-electron chi connectivity index (χ2n) is 5.43. The van der Waals surface area contributed by atoms with Crippen LogP contribution >= 0.6 is 11.6 Å². The number of para-hydroxylation sites is 1. The maximum Gasteiger partial charge on any atom is 0.260 e. The first kappa shape index (κ1) is 16.3. The molecule has 24 heavy (non-hydrogen) atoms. The molecule has 3 rings (SSSR count). The fourth-order valence-corrected chi connectivity index (χ4v) is 2.53. The Bertz CT molecular complexity index is 814. The number of pyridine rings is 1. The van der Waals surface area contributed by atoms with Crippen LogP contribution in [0.15, 0.2) is 54.9 Å². The maximum absolute atomic E-state index is 12.1. The van der Waals surface area contributed by atoms with Crippen molar-refractivity contribution in [1.29, 1.82) is 0 Å². The number of ether oxygens (including phenoxy) is 1. The number of rotatable bonds is 6. The van der Waals surface area contributed by atoms with Gasteiger partial charge in [0.05, 0.1) is 10.7 Å². The molecule has 0 aliphatic rings. The number of hydrogen-bond acceptors (Lipinski definition) is 3. The summed E-state index contributed by atoms with van der Waals surface area (Å²) in [4.78, 5) is 16.6. The molecule has 1 aromatic carbocycles. The highest BCUT2D eigenvalue weighted by atomic mass is 35.5. The molecule has 1 amide bonds. The lowest BCUT2D eigenvalue weighted by Gasteiger charge is -2.15. The predicted molar refractivity (Wildman–Crippen MR) is 93.4 cm³/mol. The van der Waals surface area contributed by atoms with E-state index < -0.39 is 6.10 Å². The minimum atomic E-state index is -0.619. The molecule has 1 unspecified atom stereocenters. The zero-order chi connectivity index (χ0) is 16.9. The van der Waals surface area contributed by atoms with Crippen molar-refractivity contribution in [2.45, 2.75) is 19.4 Å². The normalized spacial score (nSPS) is 12.1. The number of halogens is 1. The summed E-state index contributed by atoms with van der Waals surface area (Å²) in [5.74, 6) is 0.320. The first-order chi connectivity index (χ1) is 11.6. The van der Waals surface area contributed by atoms with Crippen LogP contribution in [-0.2, 0) is 11.2 Å². The second-order valence-corrected chi connectivity index (χ2v) is 5.84. The zero-order valence-electron chi connectivity index (χ0n) is 13.3. The van der Waals surface area contributed by atoms with Gasteiger partial charge in [-0.15, -0.1) is 0 Å². The van der Waals surface area contributed by atoms with E-state index in [1.165, 1.54) is 0 Å². The number of benzene rings is 1. The summed E-state index contributed by atoms with van der Waals surface area (Å²) >= 11 is 6.03.